The van der Waals surface area contributed by atoms with E-state index >= 15 is 0 Å². The van der Waals surface area contributed by atoms with Gasteiger partial charge in [-0.05, 0) is 123 Å². The van der Waals surface area contributed by atoms with E-state index in [2.05, 4.69) is 172 Å². The lowest BCUT2D eigenvalue weighted by Gasteiger charge is -1.98. The molecule has 14 rings (SSSR count). The summed E-state index contributed by atoms with van der Waals surface area (Å²) >= 11 is 0. The fourth-order valence-corrected chi connectivity index (χ4v) is 8.03. The van der Waals surface area contributed by atoms with Crippen molar-refractivity contribution < 1.29 is 4.42 Å². The van der Waals surface area contributed by atoms with Gasteiger partial charge in [-0.2, -0.15) is 15.3 Å². The van der Waals surface area contributed by atoms with Gasteiger partial charge >= 0.3 is 0 Å². The first-order chi connectivity index (χ1) is 38.6. The Bertz CT molecular complexity index is 3920. The SMILES string of the molecule is Cc1cccc2ccccc12.Cc1ccnnc1.Cc1cn(C)c2ccncc12.Cc1cncc2ccn(C)c12.Cc1nccc2c1ccn2C.Cc1nccn1C.Cc1ncco1.Cn1cccn1.Cn1nnc2ccccc21. The van der Waals surface area contributed by atoms with Crippen LogP contribution in [0.1, 0.15) is 39.7 Å². The first-order valence-electron chi connectivity index (χ1n) is 25.8. The summed E-state index contributed by atoms with van der Waals surface area (Å²) in [7, 11) is 11.9. The van der Waals surface area contributed by atoms with E-state index in [4.69, 9.17) is 4.42 Å². The van der Waals surface area contributed by atoms with E-state index in [0.29, 0.717) is 0 Å². The summed E-state index contributed by atoms with van der Waals surface area (Å²) in [4.78, 5) is 20.1. The van der Waals surface area contributed by atoms with E-state index in [1.165, 1.54) is 60.2 Å². The summed E-state index contributed by atoms with van der Waals surface area (Å²) in [5.74, 6) is 1.77. The Labute approximate surface area is 467 Å². The molecule has 0 atom stereocenters. The minimum Gasteiger partial charge on any atom is -0.449 e. The molecular formula is C63H72N16O. The van der Waals surface area contributed by atoms with Crippen molar-refractivity contribution in [3.8, 4) is 0 Å². The van der Waals surface area contributed by atoms with Gasteiger partial charge in [0.15, 0.2) is 5.89 Å². The van der Waals surface area contributed by atoms with Crippen molar-refractivity contribution in [2.24, 2.45) is 42.3 Å². The number of aromatic nitrogens is 16. The Morgan fingerprint density at radius 1 is 0.438 bits per heavy atom. The Morgan fingerprint density at radius 3 is 1.76 bits per heavy atom. The number of aryl methyl sites for hydroxylation is 13. The molecule has 0 unspecified atom stereocenters. The second-order valence-corrected chi connectivity index (χ2v) is 18.6. The number of hydrogen-bond acceptors (Lipinski definition) is 11. The monoisotopic (exact) mass is 1070 g/mol. The molecule has 17 nitrogen and oxygen atoms in total. The van der Waals surface area contributed by atoms with E-state index in [1.54, 1.807) is 53.5 Å². The molecule has 14 aromatic rings. The van der Waals surface area contributed by atoms with Gasteiger partial charge in [0.1, 0.15) is 17.6 Å². The van der Waals surface area contributed by atoms with Crippen LogP contribution in [-0.4, -0.2) is 78.2 Å². The zero-order valence-corrected chi connectivity index (χ0v) is 48.1. The molecule has 0 amide bonds. The summed E-state index contributed by atoms with van der Waals surface area (Å²) in [5, 5.41) is 25.2. The molecule has 0 bridgehead atoms. The van der Waals surface area contributed by atoms with Crippen molar-refractivity contribution in [3.05, 3.63) is 242 Å². The molecule has 0 spiro atoms. The van der Waals surface area contributed by atoms with Crippen molar-refractivity contribution in [2.45, 2.75) is 48.5 Å². The number of benzene rings is 3. The van der Waals surface area contributed by atoms with Crippen molar-refractivity contribution in [1.29, 1.82) is 0 Å². The average Bonchev–Trinajstić information content (AvgIpc) is 4.39. The van der Waals surface area contributed by atoms with Crippen molar-refractivity contribution >= 4 is 54.5 Å². The molecule has 410 valence electrons. The third-order valence-electron chi connectivity index (χ3n) is 12.5. The van der Waals surface area contributed by atoms with Crippen LogP contribution < -0.4 is 0 Å². The van der Waals surface area contributed by atoms with Crippen molar-refractivity contribution in [3.63, 3.8) is 0 Å². The van der Waals surface area contributed by atoms with Crippen LogP contribution >= 0.6 is 0 Å². The van der Waals surface area contributed by atoms with Crippen LogP contribution in [0.5, 0.6) is 0 Å². The maximum absolute atomic E-state index is 4.72. The highest BCUT2D eigenvalue weighted by Gasteiger charge is 2.02. The third kappa shape index (κ3) is 17.6. The van der Waals surface area contributed by atoms with Gasteiger partial charge in [-0.15, -0.1) is 5.10 Å². The minimum atomic E-state index is 0.718. The first-order valence-corrected chi connectivity index (χ1v) is 25.8. The normalized spacial score (nSPS) is 10.1. The molecule has 17 heteroatoms. The van der Waals surface area contributed by atoms with Crippen molar-refractivity contribution in [2.75, 3.05) is 0 Å². The van der Waals surface area contributed by atoms with Gasteiger partial charge in [-0.25, -0.2) is 14.6 Å². The maximum Gasteiger partial charge on any atom is 0.190 e. The van der Waals surface area contributed by atoms with Crippen LogP contribution in [0.2, 0.25) is 0 Å². The topological polar surface area (TPSA) is 172 Å². The second-order valence-electron chi connectivity index (χ2n) is 18.6. The zero-order chi connectivity index (χ0) is 57.4. The Balaban J connectivity index is 0.000000147. The summed E-state index contributed by atoms with van der Waals surface area (Å²) in [5.41, 5.74) is 11.9. The van der Waals surface area contributed by atoms with E-state index in [0.717, 1.165) is 34.0 Å². The van der Waals surface area contributed by atoms with E-state index in [-0.39, 0.29) is 0 Å². The quantitative estimate of drug-likeness (QED) is 0.141. The van der Waals surface area contributed by atoms with E-state index in [1.807, 2.05) is 145 Å². The molecule has 0 saturated heterocycles. The van der Waals surface area contributed by atoms with Crippen LogP contribution in [0.15, 0.2) is 207 Å². The number of oxazole rings is 1. The molecule has 11 aromatic heterocycles. The predicted molar refractivity (Wildman–Crippen MR) is 323 cm³/mol. The summed E-state index contributed by atoms with van der Waals surface area (Å²) < 4.78 is 16.5. The lowest BCUT2D eigenvalue weighted by molar-refractivity contribution is 0.521. The van der Waals surface area contributed by atoms with E-state index in [9.17, 15) is 0 Å². The molecule has 11 heterocycles. The van der Waals surface area contributed by atoms with Crippen LogP contribution in [0.3, 0.4) is 0 Å². The minimum absolute atomic E-state index is 0.718. The van der Waals surface area contributed by atoms with Crippen LogP contribution in [0.4, 0.5) is 0 Å². The van der Waals surface area contributed by atoms with Gasteiger partial charge < -0.3 is 22.7 Å². The third-order valence-corrected chi connectivity index (χ3v) is 12.5. The molecule has 0 aliphatic carbocycles. The lowest BCUT2D eigenvalue weighted by atomic mass is 10.1. The number of rotatable bonds is 0. The fraction of sp³-hybridized carbons (Fsp3) is 0.206. The van der Waals surface area contributed by atoms with E-state index < -0.39 is 0 Å². The van der Waals surface area contributed by atoms with Gasteiger partial charge in [0, 0.05) is 152 Å². The summed E-state index contributed by atoms with van der Waals surface area (Å²) in [6, 6.07) is 34.7. The van der Waals surface area contributed by atoms with Gasteiger partial charge in [-0.1, -0.05) is 59.8 Å². The molecular weight excluding hydrogens is 997 g/mol. The van der Waals surface area contributed by atoms with Gasteiger partial charge in [0.25, 0.3) is 0 Å². The smallest absolute Gasteiger partial charge is 0.190 e. The lowest BCUT2D eigenvalue weighted by Crippen LogP contribution is -1.88. The average molecular weight is 1070 g/mol. The fourth-order valence-electron chi connectivity index (χ4n) is 8.03. The molecule has 80 heavy (non-hydrogen) atoms. The van der Waals surface area contributed by atoms with Crippen molar-refractivity contribution in [1.82, 2.24) is 78.2 Å². The van der Waals surface area contributed by atoms with Gasteiger partial charge in [-0.3, -0.25) is 19.6 Å². The first kappa shape index (κ1) is 59.3. The summed E-state index contributed by atoms with van der Waals surface area (Å²) in [6.07, 6.45) is 29.5. The molecule has 3 aromatic carbocycles. The Morgan fingerprint density at radius 2 is 1.19 bits per heavy atom. The Kier molecular flexibility index (Phi) is 22.4. The van der Waals surface area contributed by atoms with Gasteiger partial charge in [0.2, 0.25) is 0 Å². The largest absolute Gasteiger partial charge is 0.449 e. The Hall–Kier alpha value is -9.90. The molecule has 0 saturated carbocycles. The molecule has 0 radical (unpaired) electrons. The number of para-hydroxylation sites is 1. The molecule has 0 N–H and O–H groups in total. The number of hydrogen-bond donors (Lipinski definition) is 0. The maximum atomic E-state index is 4.72. The van der Waals surface area contributed by atoms with Crippen LogP contribution in [-0.2, 0) is 42.3 Å². The second kappa shape index (κ2) is 30.1. The number of pyridine rings is 3. The van der Waals surface area contributed by atoms with Crippen LogP contribution in [0.25, 0.3) is 54.5 Å². The van der Waals surface area contributed by atoms with Crippen LogP contribution in [0, 0.1) is 48.5 Å². The highest BCUT2D eigenvalue weighted by Crippen LogP contribution is 2.19. The number of fused-ring (bicyclic) bond motifs is 5. The predicted octanol–water partition coefficient (Wildman–Crippen LogP) is 12.7. The standard InChI is InChI=1S/C11H10.3C9H10N2.C7H7N3.C5H8N2.C5H6N2.C4H6N2.C4H5NO/c1-9-5-4-7-10-6-2-3-8-11(9)10;1-7-8-4-6-11(2)9(8)3-5-10-7;1-7-6-11(2)9-3-4-10-5-8(7)9;1-7-5-10-6-8-3-4-11(2)9(7)8;1-10-7-5-3-2-4-6(7)8-9-10;1-5-6-3-4-7(5)2;1-5-2-3-6-7-4-5;1-6-4-2-3-5-6;1-4-5-2-3-6-4/h2-8H,1H3;3*3-6H,1-2H3;2-5H,1H3;3-4H,1-2H3;2-4H,1H3;2-4H,1H3;2-3H,1H3. The zero-order valence-electron chi connectivity index (χ0n) is 48.1. The molecule has 0 aliphatic rings. The highest BCUT2D eigenvalue weighted by molar-refractivity contribution is 5.86. The highest BCUT2D eigenvalue weighted by atomic mass is 16.3. The molecule has 0 fully saturated rings. The number of imidazole rings is 1. The van der Waals surface area contributed by atoms with Gasteiger partial charge in [0.05, 0.1) is 34.5 Å². The number of nitrogens with zero attached hydrogens (tertiary/aromatic N) is 16. The summed E-state index contributed by atoms with van der Waals surface area (Å²) in [6.45, 7) is 14.1. The molecule has 0 aliphatic heterocycles.